The zero-order chi connectivity index (χ0) is 23.3. The van der Waals surface area contributed by atoms with E-state index in [9.17, 15) is 23.3 Å². The molecule has 1 amide bonds. The van der Waals surface area contributed by atoms with Crippen LogP contribution in [0.2, 0.25) is 5.02 Å². The van der Waals surface area contributed by atoms with Crippen molar-refractivity contribution in [3.05, 3.63) is 87.9 Å². The van der Waals surface area contributed by atoms with Crippen molar-refractivity contribution in [3.63, 3.8) is 0 Å². The standard InChI is InChI=1S/C21H18ClN3O6S/c1-24(16-7-3-2-4-8-16)32(29,30)18-9-5-6-15(12-18)23-21(26)14-31-20-11-10-17(25(27)28)13-19(20)22/h2-13H,14H2,1H3,(H,23,26). The minimum atomic E-state index is -3.84. The van der Waals surface area contributed by atoms with Gasteiger partial charge in [-0.05, 0) is 36.4 Å². The van der Waals surface area contributed by atoms with Crippen molar-refractivity contribution in [2.75, 3.05) is 23.3 Å². The first kappa shape index (κ1) is 23.0. The molecule has 0 heterocycles. The van der Waals surface area contributed by atoms with Crippen LogP contribution in [-0.4, -0.2) is 32.9 Å². The fraction of sp³-hybridized carbons (Fsp3) is 0.0952. The number of anilines is 2. The van der Waals surface area contributed by atoms with Gasteiger partial charge in [0.1, 0.15) is 5.75 Å². The molecule has 0 bridgehead atoms. The van der Waals surface area contributed by atoms with Gasteiger partial charge < -0.3 is 10.1 Å². The van der Waals surface area contributed by atoms with Crippen LogP contribution >= 0.6 is 11.6 Å². The Kier molecular flexibility index (Phi) is 6.96. The Morgan fingerprint density at radius 3 is 2.47 bits per heavy atom. The van der Waals surface area contributed by atoms with E-state index in [2.05, 4.69) is 5.32 Å². The van der Waals surface area contributed by atoms with Crippen LogP contribution in [0.4, 0.5) is 17.1 Å². The number of nitro groups is 1. The number of halogens is 1. The number of benzene rings is 3. The molecule has 0 atom stereocenters. The Bertz CT molecular complexity index is 1250. The van der Waals surface area contributed by atoms with E-state index in [4.69, 9.17) is 16.3 Å². The van der Waals surface area contributed by atoms with Crippen LogP contribution in [0.3, 0.4) is 0 Å². The summed E-state index contributed by atoms with van der Waals surface area (Å²) >= 11 is 5.94. The van der Waals surface area contributed by atoms with Gasteiger partial charge in [0, 0.05) is 24.9 Å². The van der Waals surface area contributed by atoms with Crippen molar-refractivity contribution >= 4 is 44.6 Å². The number of carbonyl (C=O) groups excluding carboxylic acids is 1. The number of nitrogens with one attached hydrogen (secondary N) is 1. The van der Waals surface area contributed by atoms with Crippen LogP contribution in [0, 0.1) is 10.1 Å². The maximum Gasteiger partial charge on any atom is 0.271 e. The fourth-order valence-corrected chi connectivity index (χ4v) is 4.20. The number of nitrogens with zero attached hydrogens (tertiary/aromatic N) is 2. The highest BCUT2D eigenvalue weighted by molar-refractivity contribution is 7.92. The number of amides is 1. The van der Waals surface area contributed by atoms with E-state index in [0.29, 0.717) is 5.69 Å². The van der Waals surface area contributed by atoms with E-state index >= 15 is 0 Å². The number of sulfonamides is 1. The number of carbonyl (C=O) groups is 1. The lowest BCUT2D eigenvalue weighted by molar-refractivity contribution is -0.384. The third-order valence-corrected chi connectivity index (χ3v) is 6.46. The van der Waals surface area contributed by atoms with E-state index in [1.807, 2.05) is 0 Å². The largest absolute Gasteiger partial charge is 0.482 e. The Morgan fingerprint density at radius 2 is 1.81 bits per heavy atom. The number of hydrogen-bond donors (Lipinski definition) is 1. The van der Waals surface area contributed by atoms with Crippen LogP contribution in [0.1, 0.15) is 0 Å². The molecule has 11 heteroatoms. The van der Waals surface area contributed by atoms with Crippen LogP contribution < -0.4 is 14.4 Å². The highest BCUT2D eigenvalue weighted by atomic mass is 35.5. The van der Waals surface area contributed by atoms with E-state index in [1.165, 1.54) is 43.4 Å². The molecular formula is C21H18ClN3O6S. The summed E-state index contributed by atoms with van der Waals surface area (Å²) in [5, 5.41) is 13.3. The second-order valence-corrected chi connectivity index (χ2v) is 8.92. The van der Waals surface area contributed by atoms with E-state index < -0.39 is 27.5 Å². The third kappa shape index (κ3) is 5.34. The maximum absolute atomic E-state index is 12.9. The normalized spacial score (nSPS) is 10.9. The van der Waals surface area contributed by atoms with Crippen molar-refractivity contribution in [1.29, 1.82) is 0 Å². The van der Waals surface area contributed by atoms with Crippen molar-refractivity contribution in [2.24, 2.45) is 0 Å². The number of para-hydroxylation sites is 1. The Morgan fingerprint density at radius 1 is 1.09 bits per heavy atom. The predicted octanol–water partition coefficient (Wildman–Crippen LogP) is 4.09. The van der Waals surface area contributed by atoms with Gasteiger partial charge in [0.2, 0.25) is 0 Å². The third-order valence-electron chi connectivity index (χ3n) is 4.38. The molecule has 0 aliphatic rings. The van der Waals surface area contributed by atoms with Crippen LogP contribution in [0.5, 0.6) is 5.75 Å². The molecule has 0 spiro atoms. The van der Waals surface area contributed by atoms with Gasteiger partial charge in [0.05, 0.1) is 20.5 Å². The lowest BCUT2D eigenvalue weighted by atomic mass is 10.3. The topological polar surface area (TPSA) is 119 Å². The van der Waals surface area contributed by atoms with Crippen molar-refractivity contribution in [2.45, 2.75) is 4.90 Å². The number of non-ortho nitro benzene ring substituents is 1. The zero-order valence-corrected chi connectivity index (χ0v) is 18.3. The van der Waals surface area contributed by atoms with Gasteiger partial charge in [-0.1, -0.05) is 35.9 Å². The molecule has 0 aromatic heterocycles. The first-order valence-corrected chi connectivity index (χ1v) is 11.0. The maximum atomic E-state index is 12.9. The summed E-state index contributed by atoms with van der Waals surface area (Å²) in [4.78, 5) is 22.4. The molecule has 0 fully saturated rings. The Labute approximate surface area is 189 Å². The molecule has 9 nitrogen and oxygen atoms in total. The van der Waals surface area contributed by atoms with E-state index in [0.717, 1.165) is 10.4 Å². The number of nitro benzene ring substituents is 1. The predicted molar refractivity (Wildman–Crippen MR) is 121 cm³/mol. The molecule has 0 saturated heterocycles. The first-order valence-electron chi connectivity index (χ1n) is 9.19. The van der Waals surface area contributed by atoms with Gasteiger partial charge in [0.25, 0.3) is 21.6 Å². The average molecular weight is 476 g/mol. The first-order chi connectivity index (χ1) is 15.2. The summed E-state index contributed by atoms with van der Waals surface area (Å²) in [5.74, 6) is -0.460. The van der Waals surface area contributed by atoms with Crippen molar-refractivity contribution in [1.82, 2.24) is 0 Å². The number of rotatable bonds is 8. The van der Waals surface area contributed by atoms with E-state index in [-0.39, 0.29) is 27.0 Å². The summed E-state index contributed by atoms with van der Waals surface area (Å²) in [6.07, 6.45) is 0. The fourth-order valence-electron chi connectivity index (χ4n) is 2.73. The molecule has 1 N–H and O–H groups in total. The summed E-state index contributed by atoms with van der Waals surface area (Å²) in [7, 11) is -2.40. The second-order valence-electron chi connectivity index (χ2n) is 6.54. The lowest BCUT2D eigenvalue weighted by Gasteiger charge is -2.20. The van der Waals surface area contributed by atoms with Crippen molar-refractivity contribution in [3.8, 4) is 5.75 Å². The van der Waals surface area contributed by atoms with Gasteiger partial charge in [-0.3, -0.25) is 19.2 Å². The number of ether oxygens (including phenoxy) is 1. The molecule has 3 rings (SSSR count). The molecular weight excluding hydrogens is 458 g/mol. The smallest absolute Gasteiger partial charge is 0.271 e. The molecule has 3 aromatic carbocycles. The summed E-state index contributed by atoms with van der Waals surface area (Å²) in [6.45, 7) is -0.432. The molecule has 32 heavy (non-hydrogen) atoms. The van der Waals surface area contributed by atoms with Crippen LogP contribution in [0.25, 0.3) is 0 Å². The summed E-state index contributed by atoms with van der Waals surface area (Å²) < 4.78 is 32.3. The Hall–Kier alpha value is -3.63. The van der Waals surface area contributed by atoms with Crippen LogP contribution in [-0.2, 0) is 14.8 Å². The van der Waals surface area contributed by atoms with Gasteiger partial charge >= 0.3 is 0 Å². The monoisotopic (exact) mass is 475 g/mol. The molecule has 0 aliphatic carbocycles. The SMILES string of the molecule is CN(c1ccccc1)S(=O)(=O)c1cccc(NC(=O)COc2ccc([N+](=O)[O-])cc2Cl)c1. The average Bonchev–Trinajstić information content (AvgIpc) is 2.78. The Balaban J connectivity index is 1.68. The number of hydrogen-bond acceptors (Lipinski definition) is 6. The zero-order valence-electron chi connectivity index (χ0n) is 16.8. The quantitative estimate of drug-likeness (QED) is 0.387. The lowest BCUT2D eigenvalue weighted by Crippen LogP contribution is -2.26. The van der Waals surface area contributed by atoms with Gasteiger partial charge in [-0.25, -0.2) is 8.42 Å². The minimum absolute atomic E-state index is 0.000912. The minimum Gasteiger partial charge on any atom is -0.482 e. The molecule has 0 aliphatic heterocycles. The van der Waals surface area contributed by atoms with Crippen molar-refractivity contribution < 1.29 is 22.9 Å². The molecule has 3 aromatic rings. The molecule has 0 radical (unpaired) electrons. The van der Waals surface area contributed by atoms with E-state index in [1.54, 1.807) is 30.3 Å². The highest BCUT2D eigenvalue weighted by Crippen LogP contribution is 2.29. The summed E-state index contributed by atoms with van der Waals surface area (Å²) in [6, 6.07) is 18.0. The molecule has 166 valence electrons. The van der Waals surface area contributed by atoms with Gasteiger partial charge in [-0.15, -0.1) is 0 Å². The van der Waals surface area contributed by atoms with Gasteiger partial charge in [-0.2, -0.15) is 0 Å². The molecule has 0 saturated carbocycles. The summed E-state index contributed by atoms with van der Waals surface area (Å²) in [5.41, 5.74) is 0.552. The molecule has 0 unspecified atom stereocenters. The highest BCUT2D eigenvalue weighted by Gasteiger charge is 2.21. The van der Waals surface area contributed by atoms with Gasteiger partial charge in [0.15, 0.2) is 6.61 Å². The second kappa shape index (κ2) is 9.67. The van der Waals surface area contributed by atoms with Crippen LogP contribution in [0.15, 0.2) is 77.7 Å².